The van der Waals surface area contributed by atoms with Crippen LogP contribution in [-0.4, -0.2) is 19.6 Å². The van der Waals surface area contributed by atoms with Crippen LogP contribution in [0.1, 0.15) is 38.2 Å². The van der Waals surface area contributed by atoms with E-state index in [1.165, 1.54) is 36.9 Å². The van der Waals surface area contributed by atoms with Crippen molar-refractivity contribution in [3.8, 4) is 0 Å². The van der Waals surface area contributed by atoms with Crippen molar-refractivity contribution in [1.29, 1.82) is 0 Å². The Labute approximate surface area is 105 Å². The van der Waals surface area contributed by atoms with Crippen molar-refractivity contribution >= 4 is 5.69 Å². The average Bonchev–Trinajstić information content (AvgIpc) is 2.90. The van der Waals surface area contributed by atoms with Crippen molar-refractivity contribution in [3.63, 3.8) is 0 Å². The highest BCUT2D eigenvalue weighted by Gasteiger charge is 2.19. The SMILES string of the molecule is CCNCc1ccc(N(C)C2CCCC2)cc1. The van der Waals surface area contributed by atoms with Gasteiger partial charge in [-0.05, 0) is 37.1 Å². The summed E-state index contributed by atoms with van der Waals surface area (Å²) in [5, 5.41) is 3.35. The summed E-state index contributed by atoms with van der Waals surface area (Å²) in [6, 6.07) is 9.75. The molecule has 1 aliphatic carbocycles. The second-order valence-corrected chi connectivity index (χ2v) is 5.00. The summed E-state index contributed by atoms with van der Waals surface area (Å²) < 4.78 is 0. The van der Waals surface area contributed by atoms with E-state index >= 15 is 0 Å². The second-order valence-electron chi connectivity index (χ2n) is 5.00. The molecule has 1 N–H and O–H groups in total. The molecule has 1 aromatic carbocycles. The number of hydrogen-bond acceptors (Lipinski definition) is 2. The maximum Gasteiger partial charge on any atom is 0.0366 e. The van der Waals surface area contributed by atoms with Crippen molar-refractivity contribution in [2.45, 2.75) is 45.2 Å². The summed E-state index contributed by atoms with van der Waals surface area (Å²) in [5.74, 6) is 0. The molecule has 2 heteroatoms. The van der Waals surface area contributed by atoms with Gasteiger partial charge in [-0.2, -0.15) is 0 Å². The molecule has 0 bridgehead atoms. The molecular formula is C15H24N2. The van der Waals surface area contributed by atoms with Crippen LogP contribution in [0.15, 0.2) is 24.3 Å². The van der Waals surface area contributed by atoms with Gasteiger partial charge in [-0.1, -0.05) is 31.9 Å². The molecular weight excluding hydrogens is 208 g/mol. The summed E-state index contributed by atoms with van der Waals surface area (Å²) in [6.07, 6.45) is 5.51. The van der Waals surface area contributed by atoms with Gasteiger partial charge in [0.05, 0.1) is 0 Å². The lowest BCUT2D eigenvalue weighted by molar-refractivity contribution is 0.653. The largest absolute Gasteiger partial charge is 0.372 e. The minimum absolute atomic E-state index is 0.759. The smallest absolute Gasteiger partial charge is 0.0366 e. The van der Waals surface area contributed by atoms with Crippen LogP contribution in [0.5, 0.6) is 0 Å². The van der Waals surface area contributed by atoms with Gasteiger partial charge in [0, 0.05) is 25.3 Å². The van der Waals surface area contributed by atoms with Gasteiger partial charge in [0.15, 0.2) is 0 Å². The number of anilines is 1. The average molecular weight is 232 g/mol. The molecule has 1 aromatic rings. The molecule has 1 aliphatic rings. The molecule has 2 nitrogen and oxygen atoms in total. The first-order valence-electron chi connectivity index (χ1n) is 6.83. The van der Waals surface area contributed by atoms with E-state index in [4.69, 9.17) is 0 Å². The molecule has 0 saturated heterocycles. The summed E-state index contributed by atoms with van der Waals surface area (Å²) >= 11 is 0. The maximum atomic E-state index is 3.35. The van der Waals surface area contributed by atoms with Gasteiger partial charge in [-0.25, -0.2) is 0 Å². The van der Waals surface area contributed by atoms with Crippen molar-refractivity contribution in [1.82, 2.24) is 5.32 Å². The quantitative estimate of drug-likeness (QED) is 0.839. The minimum atomic E-state index is 0.759. The second kappa shape index (κ2) is 6.06. The van der Waals surface area contributed by atoms with E-state index < -0.39 is 0 Å². The molecule has 0 aromatic heterocycles. The molecule has 0 atom stereocenters. The predicted octanol–water partition coefficient (Wildman–Crippen LogP) is 3.17. The number of rotatable bonds is 5. The molecule has 1 fully saturated rings. The van der Waals surface area contributed by atoms with Crippen molar-refractivity contribution < 1.29 is 0 Å². The number of hydrogen-bond donors (Lipinski definition) is 1. The lowest BCUT2D eigenvalue weighted by Gasteiger charge is -2.26. The first-order valence-corrected chi connectivity index (χ1v) is 6.83. The van der Waals surface area contributed by atoms with E-state index in [9.17, 15) is 0 Å². The first kappa shape index (κ1) is 12.4. The Bertz CT molecular complexity index is 325. The van der Waals surface area contributed by atoms with E-state index in [-0.39, 0.29) is 0 Å². The first-order chi connectivity index (χ1) is 8.31. The highest BCUT2D eigenvalue weighted by molar-refractivity contribution is 5.48. The van der Waals surface area contributed by atoms with Crippen LogP contribution in [0.3, 0.4) is 0 Å². The molecule has 0 amide bonds. The Morgan fingerprint density at radius 2 is 1.82 bits per heavy atom. The van der Waals surface area contributed by atoms with Crippen LogP contribution in [0, 0.1) is 0 Å². The molecule has 17 heavy (non-hydrogen) atoms. The number of benzene rings is 1. The van der Waals surface area contributed by atoms with Gasteiger partial charge in [0.1, 0.15) is 0 Å². The van der Waals surface area contributed by atoms with Crippen molar-refractivity contribution in [3.05, 3.63) is 29.8 Å². The van der Waals surface area contributed by atoms with E-state index in [0.717, 1.165) is 19.1 Å². The van der Waals surface area contributed by atoms with Gasteiger partial charge >= 0.3 is 0 Å². The summed E-state index contributed by atoms with van der Waals surface area (Å²) in [7, 11) is 2.23. The lowest BCUT2D eigenvalue weighted by atomic mass is 10.1. The van der Waals surface area contributed by atoms with Gasteiger partial charge in [-0.3, -0.25) is 0 Å². The molecule has 94 valence electrons. The van der Waals surface area contributed by atoms with E-state index in [0.29, 0.717) is 0 Å². The van der Waals surface area contributed by atoms with Crippen LogP contribution >= 0.6 is 0 Å². The molecule has 0 heterocycles. The highest BCUT2D eigenvalue weighted by atomic mass is 15.1. The van der Waals surface area contributed by atoms with Gasteiger partial charge < -0.3 is 10.2 Å². The number of nitrogens with one attached hydrogen (secondary N) is 1. The Morgan fingerprint density at radius 3 is 2.41 bits per heavy atom. The van der Waals surface area contributed by atoms with Crippen molar-refractivity contribution in [2.75, 3.05) is 18.5 Å². The molecule has 2 rings (SSSR count). The number of nitrogens with zero attached hydrogens (tertiary/aromatic N) is 1. The van der Waals surface area contributed by atoms with Crippen LogP contribution in [0.4, 0.5) is 5.69 Å². The lowest BCUT2D eigenvalue weighted by Crippen LogP contribution is -2.28. The molecule has 0 radical (unpaired) electrons. The normalized spacial score (nSPS) is 16.4. The summed E-state index contributed by atoms with van der Waals surface area (Å²) in [5.41, 5.74) is 2.73. The summed E-state index contributed by atoms with van der Waals surface area (Å²) in [6.45, 7) is 4.15. The van der Waals surface area contributed by atoms with Crippen LogP contribution < -0.4 is 10.2 Å². The van der Waals surface area contributed by atoms with E-state index in [1.54, 1.807) is 0 Å². The maximum absolute atomic E-state index is 3.35. The monoisotopic (exact) mass is 232 g/mol. The third-order valence-electron chi connectivity index (χ3n) is 3.80. The Hall–Kier alpha value is -1.02. The third-order valence-corrected chi connectivity index (χ3v) is 3.80. The van der Waals surface area contributed by atoms with Crippen LogP contribution in [-0.2, 0) is 6.54 Å². The Kier molecular flexibility index (Phi) is 4.43. The fraction of sp³-hybridized carbons (Fsp3) is 0.600. The fourth-order valence-corrected chi connectivity index (χ4v) is 2.62. The van der Waals surface area contributed by atoms with E-state index in [1.807, 2.05) is 0 Å². The zero-order chi connectivity index (χ0) is 12.1. The van der Waals surface area contributed by atoms with Crippen molar-refractivity contribution in [2.24, 2.45) is 0 Å². The standard InChI is InChI=1S/C15H24N2/c1-3-16-12-13-8-10-15(11-9-13)17(2)14-6-4-5-7-14/h8-11,14,16H,3-7,12H2,1-2H3. The summed E-state index contributed by atoms with van der Waals surface area (Å²) in [4.78, 5) is 2.45. The molecule has 0 spiro atoms. The topological polar surface area (TPSA) is 15.3 Å². The molecule has 0 aliphatic heterocycles. The van der Waals surface area contributed by atoms with Gasteiger partial charge in [0.25, 0.3) is 0 Å². The van der Waals surface area contributed by atoms with Crippen LogP contribution in [0.25, 0.3) is 0 Å². The minimum Gasteiger partial charge on any atom is -0.372 e. The highest BCUT2D eigenvalue weighted by Crippen LogP contribution is 2.26. The van der Waals surface area contributed by atoms with E-state index in [2.05, 4.69) is 48.5 Å². The molecule has 0 unspecified atom stereocenters. The van der Waals surface area contributed by atoms with Gasteiger partial charge in [0.2, 0.25) is 0 Å². The fourth-order valence-electron chi connectivity index (χ4n) is 2.62. The molecule has 1 saturated carbocycles. The third kappa shape index (κ3) is 3.22. The zero-order valence-corrected chi connectivity index (χ0v) is 11.1. The Balaban J connectivity index is 1.96. The predicted molar refractivity (Wildman–Crippen MR) is 74.5 cm³/mol. The van der Waals surface area contributed by atoms with Gasteiger partial charge in [-0.15, -0.1) is 0 Å². The Morgan fingerprint density at radius 1 is 1.18 bits per heavy atom. The zero-order valence-electron chi connectivity index (χ0n) is 11.1. The van der Waals surface area contributed by atoms with Crippen LogP contribution in [0.2, 0.25) is 0 Å².